The first-order chi connectivity index (χ1) is 29.4. The molecule has 10 rings (SSSR count). The van der Waals surface area contributed by atoms with Crippen molar-refractivity contribution in [1.82, 2.24) is 19.5 Å². The maximum Gasteiger partial charge on any atom is 0.216 e. The van der Waals surface area contributed by atoms with Gasteiger partial charge in [0.05, 0.1) is 30.5 Å². The minimum absolute atomic E-state index is 0. The first kappa shape index (κ1) is 40.2. The SMILES string of the molecule is Cc1ccc2c(n1)oc1c(-c3nc4ccccc4n3-c3cc(-c4ccccc4)ccc3-c3ccccc3)[c-]ccc12.[2H]C(C)(C)c1c[c-]c(-c2ccc([Si](C)(C)C)cn2)cc1.[Ir]. The molecule has 0 aliphatic rings. The van der Waals surface area contributed by atoms with Crippen LogP contribution in [0.1, 0.15) is 32.4 Å². The molecule has 303 valence electrons. The second-order valence-corrected chi connectivity index (χ2v) is 21.5. The number of aromatic nitrogens is 4. The van der Waals surface area contributed by atoms with Crippen LogP contribution in [0.4, 0.5) is 0 Å². The molecule has 0 spiro atoms. The third-order valence-corrected chi connectivity index (χ3v) is 13.0. The molecule has 0 atom stereocenters. The Morgan fingerprint density at radius 1 is 0.705 bits per heavy atom. The van der Waals surface area contributed by atoms with E-state index in [0.717, 1.165) is 89.2 Å². The molecular weight excluding hydrogens is 941 g/mol. The minimum atomic E-state index is -1.29. The van der Waals surface area contributed by atoms with Crippen LogP contribution in [-0.2, 0) is 20.1 Å². The summed E-state index contributed by atoms with van der Waals surface area (Å²) in [5.74, 6) is 0.194. The van der Waals surface area contributed by atoms with E-state index in [1.54, 1.807) is 0 Å². The van der Waals surface area contributed by atoms with Crippen LogP contribution in [0.2, 0.25) is 19.6 Å². The predicted molar refractivity (Wildman–Crippen MR) is 252 cm³/mol. The maximum absolute atomic E-state index is 8.01. The number of fused-ring (bicyclic) bond motifs is 4. The molecule has 1 radical (unpaired) electrons. The number of hydrogen-bond acceptors (Lipinski definition) is 4. The fraction of sp³-hybridized carbons (Fsp3) is 0.130. The van der Waals surface area contributed by atoms with Crippen LogP contribution in [0.25, 0.3) is 83.7 Å². The number of para-hydroxylation sites is 2. The molecule has 7 heteroatoms. The number of hydrogen-bond donors (Lipinski definition) is 0. The topological polar surface area (TPSA) is 56.7 Å². The van der Waals surface area contributed by atoms with Crippen LogP contribution in [-0.4, -0.2) is 27.6 Å². The largest absolute Gasteiger partial charge is 0.486 e. The van der Waals surface area contributed by atoms with E-state index in [2.05, 4.69) is 149 Å². The summed E-state index contributed by atoms with van der Waals surface area (Å²) < 4.78 is 16.7. The van der Waals surface area contributed by atoms with Crippen molar-refractivity contribution >= 4 is 46.4 Å². The molecule has 5 nitrogen and oxygen atoms in total. The molecule has 0 bridgehead atoms. The van der Waals surface area contributed by atoms with Crippen LogP contribution in [0.15, 0.2) is 168 Å². The second-order valence-electron chi connectivity index (χ2n) is 16.4. The summed E-state index contributed by atoms with van der Waals surface area (Å²) in [7, 11) is -1.29. The molecular formula is C54H46IrN4OSi-2. The Kier molecular flexibility index (Phi) is 11.5. The van der Waals surface area contributed by atoms with Gasteiger partial charge in [0.1, 0.15) is 0 Å². The Bertz CT molecular complexity index is 3090. The van der Waals surface area contributed by atoms with Gasteiger partial charge in [0.25, 0.3) is 0 Å². The molecule has 0 saturated heterocycles. The number of aryl methyl sites for hydroxylation is 1. The van der Waals surface area contributed by atoms with Crippen molar-refractivity contribution < 1.29 is 25.9 Å². The quantitative estimate of drug-likeness (QED) is 0.118. The van der Waals surface area contributed by atoms with Crippen LogP contribution in [0, 0.1) is 19.1 Å². The summed E-state index contributed by atoms with van der Waals surface area (Å²) in [5.41, 5.74) is 13.5. The van der Waals surface area contributed by atoms with Gasteiger partial charge in [0.15, 0.2) is 0 Å². The fourth-order valence-corrected chi connectivity index (χ4v) is 8.63. The third-order valence-electron chi connectivity index (χ3n) is 10.9. The van der Waals surface area contributed by atoms with E-state index in [9.17, 15) is 0 Å². The van der Waals surface area contributed by atoms with Crippen LogP contribution < -0.4 is 5.19 Å². The molecule has 6 aromatic carbocycles. The van der Waals surface area contributed by atoms with Crippen LogP contribution in [0.5, 0.6) is 0 Å². The van der Waals surface area contributed by atoms with Gasteiger partial charge in [0.2, 0.25) is 5.71 Å². The fourth-order valence-electron chi connectivity index (χ4n) is 7.60. The normalized spacial score (nSPS) is 11.9. The van der Waals surface area contributed by atoms with Gasteiger partial charge < -0.3 is 14.0 Å². The van der Waals surface area contributed by atoms with Crippen LogP contribution >= 0.6 is 0 Å². The Hall–Kier alpha value is -6.24. The summed E-state index contributed by atoms with van der Waals surface area (Å²) in [4.78, 5) is 14.4. The zero-order valence-corrected chi connectivity index (χ0v) is 38.5. The Morgan fingerprint density at radius 2 is 1.44 bits per heavy atom. The summed E-state index contributed by atoms with van der Waals surface area (Å²) in [5, 5.41) is 3.35. The van der Waals surface area contributed by atoms with Crippen molar-refractivity contribution in [3.63, 3.8) is 0 Å². The molecule has 0 fully saturated rings. The molecule has 0 unspecified atom stereocenters. The van der Waals surface area contributed by atoms with Crippen molar-refractivity contribution in [2.24, 2.45) is 0 Å². The van der Waals surface area contributed by atoms with Gasteiger partial charge in [-0.2, -0.15) is 0 Å². The van der Waals surface area contributed by atoms with Gasteiger partial charge in [0, 0.05) is 50.0 Å². The maximum atomic E-state index is 8.01. The smallest absolute Gasteiger partial charge is 0.216 e. The zero-order valence-electron chi connectivity index (χ0n) is 36.1. The Morgan fingerprint density at radius 3 is 2.13 bits per heavy atom. The Labute approximate surface area is 374 Å². The number of imidazole rings is 1. The monoisotopic (exact) mass is 988 g/mol. The van der Waals surface area contributed by atoms with Gasteiger partial charge in [-0.3, -0.25) is 4.98 Å². The third kappa shape index (κ3) is 8.42. The number of benzene rings is 6. The van der Waals surface area contributed by atoms with E-state index in [0.29, 0.717) is 5.71 Å². The van der Waals surface area contributed by atoms with Crippen LogP contribution in [0.3, 0.4) is 0 Å². The molecule has 4 aromatic heterocycles. The summed E-state index contributed by atoms with van der Waals surface area (Å²) in [6.07, 6.45) is 2.00. The van der Waals surface area contributed by atoms with Crippen molar-refractivity contribution in [1.29, 1.82) is 0 Å². The predicted octanol–water partition coefficient (Wildman–Crippen LogP) is 13.6. The van der Waals surface area contributed by atoms with Gasteiger partial charge in [-0.1, -0.05) is 147 Å². The molecule has 0 N–H and O–H groups in total. The molecule has 0 aliphatic heterocycles. The molecule has 0 aliphatic carbocycles. The first-order valence-electron chi connectivity index (χ1n) is 20.9. The van der Waals surface area contributed by atoms with Crippen molar-refractivity contribution in [2.45, 2.75) is 46.3 Å². The second kappa shape index (κ2) is 17.4. The van der Waals surface area contributed by atoms with E-state index >= 15 is 0 Å². The molecule has 0 amide bonds. The van der Waals surface area contributed by atoms with Gasteiger partial charge in [-0.25, -0.2) is 4.98 Å². The number of pyridine rings is 2. The summed E-state index contributed by atoms with van der Waals surface area (Å²) in [6, 6.07) is 60.9. The summed E-state index contributed by atoms with van der Waals surface area (Å²) in [6.45, 7) is 12.7. The molecule has 4 heterocycles. The Balaban J connectivity index is 0.000000214. The van der Waals surface area contributed by atoms with E-state index in [1.807, 2.05) is 81.6 Å². The van der Waals surface area contributed by atoms with E-state index in [-0.39, 0.29) is 20.1 Å². The van der Waals surface area contributed by atoms with Gasteiger partial charge in [-0.05, 0) is 64.8 Å². The first-order valence-corrected chi connectivity index (χ1v) is 23.9. The number of rotatable bonds is 7. The minimum Gasteiger partial charge on any atom is -0.486 e. The van der Waals surface area contributed by atoms with E-state index < -0.39 is 14.0 Å². The van der Waals surface area contributed by atoms with Gasteiger partial charge in [-0.15, -0.1) is 53.6 Å². The standard InChI is InChI=1S/C37H24N3O.C17H22NSi.Ir/c1-24-19-21-30-29-15-10-16-31(35(29)41-37(30)38-24)36-39-32-17-8-9-18-33(32)40(36)34-23-27(25-11-4-2-5-12-25)20-22-28(34)26-13-6-3-7-14-26;1-13(2)14-6-8-15(9-7-14)17-11-10-16(12-18-17)19(3,4)5;/h2-15,17-23H,1H3;6-8,10-13H,1-5H3;/q2*-1;/i;13D;. The number of nitrogens with zero attached hydrogens (tertiary/aromatic N) is 4. The molecule has 61 heavy (non-hydrogen) atoms. The average Bonchev–Trinajstić information content (AvgIpc) is 3.85. The van der Waals surface area contributed by atoms with E-state index in [1.165, 1.54) is 5.19 Å². The summed E-state index contributed by atoms with van der Waals surface area (Å²) >= 11 is 0. The average molecular weight is 988 g/mol. The van der Waals surface area contributed by atoms with Gasteiger partial charge >= 0.3 is 0 Å². The van der Waals surface area contributed by atoms with Crippen molar-refractivity contribution in [3.8, 4) is 50.6 Å². The molecule has 0 saturated carbocycles. The molecule has 10 aromatic rings. The number of furan rings is 1. The van der Waals surface area contributed by atoms with E-state index in [4.69, 9.17) is 10.8 Å². The van der Waals surface area contributed by atoms with Crippen molar-refractivity contribution in [3.05, 3.63) is 187 Å². The zero-order chi connectivity index (χ0) is 42.3. The van der Waals surface area contributed by atoms with Crippen molar-refractivity contribution in [2.75, 3.05) is 0 Å².